The smallest absolute Gasteiger partial charge is 0.121 e. The van der Waals surface area contributed by atoms with Crippen molar-refractivity contribution in [3.05, 3.63) is 28.8 Å². The van der Waals surface area contributed by atoms with E-state index in [1.165, 1.54) is 12.1 Å². The minimum Gasteiger partial charge on any atom is -0.508 e. The maximum atomic E-state index is 9.29. The van der Waals surface area contributed by atoms with E-state index in [4.69, 9.17) is 15.3 Å². The van der Waals surface area contributed by atoms with Crippen LogP contribution in [0.3, 0.4) is 0 Å². The third-order valence-electron chi connectivity index (χ3n) is 1.99. The Morgan fingerprint density at radius 1 is 0.857 bits per heavy atom. The molecule has 0 radical (unpaired) electrons. The first-order chi connectivity index (χ1) is 6.24. The molecule has 0 aliphatic carbocycles. The summed E-state index contributed by atoms with van der Waals surface area (Å²) in [6, 6.07) is 2.90. The second kappa shape index (κ2) is 5.56. The van der Waals surface area contributed by atoms with Gasteiger partial charge in [-0.1, -0.05) is 6.07 Å². The Hall–Kier alpha value is -1.14. The SMILES string of the molecule is O.OCc1ccc(O)c(CO)c1CO. The molecule has 1 aromatic carbocycles. The van der Waals surface area contributed by atoms with Crippen molar-refractivity contribution in [3.63, 3.8) is 0 Å². The fourth-order valence-electron chi connectivity index (χ4n) is 1.25. The summed E-state index contributed by atoms with van der Waals surface area (Å²) in [5.41, 5.74) is 1.18. The van der Waals surface area contributed by atoms with Crippen molar-refractivity contribution in [2.24, 2.45) is 0 Å². The molecule has 1 rings (SSSR count). The highest BCUT2D eigenvalue weighted by atomic mass is 16.3. The van der Waals surface area contributed by atoms with Crippen LogP contribution >= 0.6 is 0 Å². The second-order valence-corrected chi connectivity index (χ2v) is 2.68. The molecule has 0 saturated heterocycles. The van der Waals surface area contributed by atoms with Crippen LogP contribution in [0.4, 0.5) is 0 Å². The molecule has 0 saturated carbocycles. The lowest BCUT2D eigenvalue weighted by Gasteiger charge is -2.11. The van der Waals surface area contributed by atoms with E-state index in [-0.39, 0.29) is 36.6 Å². The van der Waals surface area contributed by atoms with Gasteiger partial charge in [0.2, 0.25) is 0 Å². The first-order valence-corrected chi connectivity index (χ1v) is 3.89. The Bertz CT molecular complexity index is 297. The van der Waals surface area contributed by atoms with Gasteiger partial charge in [0, 0.05) is 5.56 Å². The Labute approximate surface area is 81.2 Å². The molecule has 14 heavy (non-hydrogen) atoms. The average molecular weight is 202 g/mol. The quantitative estimate of drug-likeness (QED) is 0.505. The van der Waals surface area contributed by atoms with Gasteiger partial charge in [-0.15, -0.1) is 0 Å². The number of aliphatic hydroxyl groups excluding tert-OH is 3. The largest absolute Gasteiger partial charge is 0.508 e. The van der Waals surface area contributed by atoms with Crippen molar-refractivity contribution < 1.29 is 25.9 Å². The van der Waals surface area contributed by atoms with E-state index < -0.39 is 0 Å². The first-order valence-electron chi connectivity index (χ1n) is 3.89. The van der Waals surface area contributed by atoms with Crippen LogP contribution < -0.4 is 0 Å². The Morgan fingerprint density at radius 2 is 1.43 bits per heavy atom. The predicted octanol–water partition coefficient (Wildman–Crippen LogP) is -0.956. The van der Waals surface area contributed by atoms with E-state index in [1.807, 2.05) is 0 Å². The van der Waals surface area contributed by atoms with Crippen molar-refractivity contribution in [2.75, 3.05) is 0 Å². The van der Waals surface area contributed by atoms with Gasteiger partial charge in [0.05, 0.1) is 19.8 Å². The lowest BCUT2D eigenvalue weighted by Crippen LogP contribution is -2.00. The fourth-order valence-corrected chi connectivity index (χ4v) is 1.25. The van der Waals surface area contributed by atoms with E-state index in [1.54, 1.807) is 0 Å². The van der Waals surface area contributed by atoms with Crippen molar-refractivity contribution in [2.45, 2.75) is 19.8 Å². The maximum absolute atomic E-state index is 9.29. The molecule has 0 aliphatic heterocycles. The van der Waals surface area contributed by atoms with Crippen LogP contribution in [0.2, 0.25) is 0 Å². The highest BCUT2D eigenvalue weighted by Gasteiger charge is 2.10. The van der Waals surface area contributed by atoms with Gasteiger partial charge in [0.1, 0.15) is 5.75 Å². The highest BCUT2D eigenvalue weighted by Crippen LogP contribution is 2.24. The van der Waals surface area contributed by atoms with Crippen LogP contribution in [0, 0.1) is 0 Å². The molecule has 0 aromatic heterocycles. The molecule has 0 bridgehead atoms. The zero-order chi connectivity index (χ0) is 9.84. The third kappa shape index (κ3) is 2.21. The predicted molar refractivity (Wildman–Crippen MR) is 49.5 cm³/mol. The molecular formula is C9H14O5. The second-order valence-electron chi connectivity index (χ2n) is 2.68. The minimum atomic E-state index is -0.352. The first kappa shape index (κ1) is 12.9. The van der Waals surface area contributed by atoms with Crippen molar-refractivity contribution >= 4 is 0 Å². The van der Waals surface area contributed by atoms with Crippen LogP contribution in [0.5, 0.6) is 5.75 Å². The molecule has 5 heteroatoms. The molecular weight excluding hydrogens is 188 g/mol. The third-order valence-corrected chi connectivity index (χ3v) is 1.99. The highest BCUT2D eigenvalue weighted by molar-refractivity contribution is 5.43. The van der Waals surface area contributed by atoms with Crippen LogP contribution in [-0.4, -0.2) is 25.9 Å². The average Bonchev–Trinajstić information content (AvgIpc) is 2.17. The van der Waals surface area contributed by atoms with E-state index in [9.17, 15) is 5.11 Å². The number of phenols is 1. The summed E-state index contributed by atoms with van der Waals surface area (Å²) >= 11 is 0. The summed E-state index contributed by atoms with van der Waals surface area (Å²) in [5, 5.41) is 36.0. The summed E-state index contributed by atoms with van der Waals surface area (Å²) < 4.78 is 0. The van der Waals surface area contributed by atoms with E-state index >= 15 is 0 Å². The fraction of sp³-hybridized carbons (Fsp3) is 0.333. The van der Waals surface area contributed by atoms with Gasteiger partial charge in [0.15, 0.2) is 0 Å². The summed E-state index contributed by atoms with van der Waals surface area (Å²) in [7, 11) is 0. The van der Waals surface area contributed by atoms with E-state index in [2.05, 4.69) is 0 Å². The number of aromatic hydroxyl groups is 1. The molecule has 80 valence electrons. The van der Waals surface area contributed by atoms with Crippen LogP contribution in [0.1, 0.15) is 16.7 Å². The number of aliphatic hydroxyl groups is 3. The minimum absolute atomic E-state index is 0. The molecule has 0 spiro atoms. The van der Waals surface area contributed by atoms with Crippen LogP contribution in [-0.2, 0) is 19.8 Å². The molecule has 0 unspecified atom stereocenters. The van der Waals surface area contributed by atoms with Gasteiger partial charge >= 0.3 is 0 Å². The summed E-state index contributed by atoms with van der Waals surface area (Å²) in [6.07, 6.45) is 0. The van der Waals surface area contributed by atoms with E-state index in [0.717, 1.165) is 0 Å². The molecule has 1 aromatic rings. The summed E-state index contributed by atoms with van der Waals surface area (Å²) in [6.45, 7) is -0.876. The number of benzene rings is 1. The van der Waals surface area contributed by atoms with Gasteiger partial charge < -0.3 is 25.9 Å². The number of rotatable bonds is 3. The van der Waals surface area contributed by atoms with Gasteiger partial charge in [-0.05, 0) is 17.2 Å². The van der Waals surface area contributed by atoms with Crippen molar-refractivity contribution in [3.8, 4) is 5.75 Å². The maximum Gasteiger partial charge on any atom is 0.121 e. The van der Waals surface area contributed by atoms with Gasteiger partial charge in [-0.25, -0.2) is 0 Å². The Balaban J connectivity index is 0.00000169. The van der Waals surface area contributed by atoms with Crippen LogP contribution in [0.15, 0.2) is 12.1 Å². The molecule has 6 N–H and O–H groups in total. The standard InChI is InChI=1S/C9H12O4.H2O/c10-3-6-1-2-9(13)8(5-12)7(6)4-11;/h1-2,10-13H,3-5H2;1H2. The number of hydrogen-bond donors (Lipinski definition) is 4. The summed E-state index contributed by atoms with van der Waals surface area (Å²) in [5.74, 6) is -0.0660. The van der Waals surface area contributed by atoms with E-state index in [0.29, 0.717) is 11.1 Å². The lowest BCUT2D eigenvalue weighted by atomic mass is 10.0. The topological polar surface area (TPSA) is 112 Å². The molecule has 0 atom stereocenters. The monoisotopic (exact) mass is 202 g/mol. The lowest BCUT2D eigenvalue weighted by molar-refractivity contribution is 0.244. The molecule has 0 amide bonds. The normalized spacial score (nSPS) is 9.64. The Morgan fingerprint density at radius 3 is 1.86 bits per heavy atom. The van der Waals surface area contributed by atoms with Gasteiger partial charge in [-0.2, -0.15) is 0 Å². The van der Waals surface area contributed by atoms with Gasteiger partial charge in [-0.3, -0.25) is 0 Å². The molecule has 0 aliphatic rings. The van der Waals surface area contributed by atoms with Crippen LogP contribution in [0.25, 0.3) is 0 Å². The Kier molecular flexibility index (Phi) is 5.11. The number of hydrogen-bond acceptors (Lipinski definition) is 4. The zero-order valence-corrected chi connectivity index (χ0v) is 7.56. The van der Waals surface area contributed by atoms with Crippen molar-refractivity contribution in [1.29, 1.82) is 0 Å². The van der Waals surface area contributed by atoms with Gasteiger partial charge in [0.25, 0.3) is 0 Å². The summed E-state index contributed by atoms with van der Waals surface area (Å²) in [4.78, 5) is 0. The molecule has 0 heterocycles. The molecule has 5 nitrogen and oxygen atoms in total. The zero-order valence-electron chi connectivity index (χ0n) is 7.56. The van der Waals surface area contributed by atoms with Crippen molar-refractivity contribution in [1.82, 2.24) is 0 Å². The molecule has 0 fully saturated rings.